The summed E-state index contributed by atoms with van der Waals surface area (Å²) >= 11 is 11.7. The van der Waals surface area contributed by atoms with E-state index in [1.165, 1.54) is 0 Å². The van der Waals surface area contributed by atoms with Crippen LogP contribution in [0.3, 0.4) is 0 Å². The van der Waals surface area contributed by atoms with Crippen LogP contribution in [0.25, 0.3) is 0 Å². The van der Waals surface area contributed by atoms with Gasteiger partial charge in [0, 0.05) is 12.6 Å². The zero-order chi connectivity index (χ0) is 12.8. The topological polar surface area (TPSA) is 52.5 Å². The van der Waals surface area contributed by atoms with Gasteiger partial charge in [0.05, 0.1) is 22.8 Å². The summed E-state index contributed by atoms with van der Waals surface area (Å²) in [5.41, 5.74) is 0.719. The number of hydrogen-bond donors (Lipinski definition) is 3. The van der Waals surface area contributed by atoms with E-state index in [1.807, 2.05) is 6.92 Å². The van der Waals surface area contributed by atoms with Gasteiger partial charge in [-0.05, 0) is 24.1 Å². The molecule has 2 unspecified atom stereocenters. The van der Waals surface area contributed by atoms with E-state index < -0.39 is 6.10 Å². The summed E-state index contributed by atoms with van der Waals surface area (Å²) in [5.74, 6) is 0. The number of halogens is 2. The van der Waals surface area contributed by atoms with E-state index in [-0.39, 0.29) is 12.6 Å². The van der Waals surface area contributed by atoms with Gasteiger partial charge in [0.25, 0.3) is 0 Å². The first-order valence-corrected chi connectivity index (χ1v) is 6.33. The molecule has 1 rings (SSSR count). The van der Waals surface area contributed by atoms with E-state index in [0.717, 1.165) is 12.0 Å². The molecular weight excluding hydrogens is 261 g/mol. The van der Waals surface area contributed by atoms with Crippen LogP contribution in [0, 0.1) is 0 Å². The lowest BCUT2D eigenvalue weighted by atomic mass is 10.0. The molecule has 0 spiro atoms. The van der Waals surface area contributed by atoms with Crippen LogP contribution in [0.5, 0.6) is 0 Å². The van der Waals surface area contributed by atoms with E-state index in [2.05, 4.69) is 5.32 Å². The third kappa shape index (κ3) is 4.12. The van der Waals surface area contributed by atoms with Gasteiger partial charge in [0.15, 0.2) is 0 Å². The maximum Gasteiger partial charge on any atom is 0.0943 e. The summed E-state index contributed by atoms with van der Waals surface area (Å²) in [6.07, 6.45) is 0.0860. The summed E-state index contributed by atoms with van der Waals surface area (Å²) in [5, 5.41) is 22.9. The van der Waals surface area contributed by atoms with Crippen molar-refractivity contribution < 1.29 is 10.2 Å². The Hall–Kier alpha value is -0.320. The lowest BCUT2D eigenvalue weighted by Gasteiger charge is -2.23. The van der Waals surface area contributed by atoms with Gasteiger partial charge >= 0.3 is 0 Å². The average molecular weight is 278 g/mol. The standard InChI is InChI=1S/C12H17Cl2NO2/c1-2-11(15-5-6-16)12(17)8-3-4-9(13)10(14)7-8/h3-4,7,11-12,15-17H,2,5-6H2,1H3. The first-order chi connectivity index (χ1) is 8.10. The SMILES string of the molecule is CCC(NCCO)C(O)c1ccc(Cl)c(Cl)c1. The third-order valence-electron chi connectivity index (χ3n) is 2.62. The van der Waals surface area contributed by atoms with Crippen LogP contribution >= 0.6 is 23.2 Å². The fourth-order valence-electron chi connectivity index (χ4n) is 1.66. The third-order valence-corrected chi connectivity index (χ3v) is 3.36. The normalized spacial score (nSPS) is 14.6. The lowest BCUT2D eigenvalue weighted by molar-refractivity contribution is 0.122. The van der Waals surface area contributed by atoms with Crippen molar-refractivity contribution in [3.63, 3.8) is 0 Å². The number of hydrogen-bond acceptors (Lipinski definition) is 3. The maximum absolute atomic E-state index is 10.2. The maximum atomic E-state index is 10.2. The zero-order valence-electron chi connectivity index (χ0n) is 9.66. The van der Waals surface area contributed by atoms with E-state index in [0.29, 0.717) is 16.6 Å². The van der Waals surface area contributed by atoms with Crippen LogP contribution in [0.1, 0.15) is 25.0 Å². The Kier molecular flexibility index (Phi) is 6.23. The molecule has 1 aromatic carbocycles. The highest BCUT2D eigenvalue weighted by molar-refractivity contribution is 6.42. The van der Waals surface area contributed by atoms with Crippen LogP contribution in [0.2, 0.25) is 10.0 Å². The van der Waals surface area contributed by atoms with Crippen LogP contribution in [0.15, 0.2) is 18.2 Å². The van der Waals surface area contributed by atoms with Crippen LogP contribution < -0.4 is 5.32 Å². The van der Waals surface area contributed by atoms with Gasteiger partial charge in [-0.25, -0.2) is 0 Å². The van der Waals surface area contributed by atoms with Crippen molar-refractivity contribution in [2.45, 2.75) is 25.5 Å². The Bertz CT molecular complexity index is 360. The molecule has 96 valence electrons. The van der Waals surface area contributed by atoms with Crippen molar-refractivity contribution in [3.05, 3.63) is 33.8 Å². The Labute approximate surface area is 111 Å². The highest BCUT2D eigenvalue weighted by Gasteiger charge is 2.19. The van der Waals surface area contributed by atoms with Crippen molar-refractivity contribution >= 4 is 23.2 Å². The summed E-state index contributed by atoms with van der Waals surface area (Å²) in [7, 11) is 0. The molecule has 0 radical (unpaired) electrons. The number of benzene rings is 1. The molecule has 5 heteroatoms. The molecule has 3 nitrogen and oxygen atoms in total. The van der Waals surface area contributed by atoms with Crippen LogP contribution in [-0.4, -0.2) is 29.4 Å². The van der Waals surface area contributed by atoms with E-state index >= 15 is 0 Å². The lowest BCUT2D eigenvalue weighted by Crippen LogP contribution is -2.36. The first kappa shape index (κ1) is 14.7. The number of aliphatic hydroxyl groups excluding tert-OH is 2. The fourth-order valence-corrected chi connectivity index (χ4v) is 1.96. The predicted octanol–water partition coefficient (Wildman–Crippen LogP) is 2.39. The molecule has 0 aromatic heterocycles. The molecule has 0 aliphatic heterocycles. The molecule has 2 atom stereocenters. The molecule has 0 bridgehead atoms. The molecule has 0 fully saturated rings. The van der Waals surface area contributed by atoms with E-state index in [9.17, 15) is 5.11 Å². The van der Waals surface area contributed by atoms with Gasteiger partial charge in [0.2, 0.25) is 0 Å². The van der Waals surface area contributed by atoms with Gasteiger partial charge in [-0.2, -0.15) is 0 Å². The van der Waals surface area contributed by atoms with Gasteiger partial charge < -0.3 is 15.5 Å². The summed E-state index contributed by atoms with van der Waals surface area (Å²) in [4.78, 5) is 0. The van der Waals surface area contributed by atoms with Crippen LogP contribution in [0.4, 0.5) is 0 Å². The van der Waals surface area contributed by atoms with E-state index in [4.69, 9.17) is 28.3 Å². The molecule has 0 aliphatic rings. The highest BCUT2D eigenvalue weighted by Crippen LogP contribution is 2.27. The Balaban J connectivity index is 2.78. The zero-order valence-corrected chi connectivity index (χ0v) is 11.2. The minimum absolute atomic E-state index is 0.0462. The largest absolute Gasteiger partial charge is 0.395 e. The van der Waals surface area contributed by atoms with Crippen LogP contribution in [-0.2, 0) is 0 Å². The fraction of sp³-hybridized carbons (Fsp3) is 0.500. The smallest absolute Gasteiger partial charge is 0.0943 e. The van der Waals surface area contributed by atoms with Gasteiger partial charge in [-0.15, -0.1) is 0 Å². The van der Waals surface area contributed by atoms with Gasteiger partial charge in [0.1, 0.15) is 0 Å². The number of nitrogens with one attached hydrogen (secondary N) is 1. The van der Waals surface area contributed by atoms with Crippen molar-refractivity contribution in [1.29, 1.82) is 0 Å². The van der Waals surface area contributed by atoms with Crippen molar-refractivity contribution in [1.82, 2.24) is 5.32 Å². The molecule has 3 N–H and O–H groups in total. The number of rotatable bonds is 6. The Morgan fingerprint density at radius 2 is 2.00 bits per heavy atom. The van der Waals surface area contributed by atoms with Crippen molar-refractivity contribution in [2.75, 3.05) is 13.2 Å². The second-order valence-corrected chi connectivity index (χ2v) is 4.63. The second-order valence-electron chi connectivity index (χ2n) is 3.81. The van der Waals surface area contributed by atoms with Gasteiger partial charge in [-0.3, -0.25) is 0 Å². The summed E-state index contributed by atoms with van der Waals surface area (Å²) in [6.45, 7) is 2.47. The average Bonchev–Trinajstić information content (AvgIpc) is 2.33. The molecular formula is C12H17Cl2NO2. The molecule has 0 saturated carbocycles. The minimum atomic E-state index is -0.665. The molecule has 1 aromatic rings. The first-order valence-electron chi connectivity index (χ1n) is 5.57. The number of aliphatic hydroxyl groups is 2. The summed E-state index contributed by atoms with van der Waals surface area (Å²) < 4.78 is 0. The summed E-state index contributed by atoms with van der Waals surface area (Å²) in [6, 6.07) is 4.97. The quantitative estimate of drug-likeness (QED) is 0.749. The van der Waals surface area contributed by atoms with Crippen molar-refractivity contribution in [3.8, 4) is 0 Å². The molecule has 0 heterocycles. The Morgan fingerprint density at radius 3 is 2.53 bits per heavy atom. The molecule has 0 aliphatic carbocycles. The Morgan fingerprint density at radius 1 is 1.29 bits per heavy atom. The monoisotopic (exact) mass is 277 g/mol. The molecule has 17 heavy (non-hydrogen) atoms. The molecule has 0 amide bonds. The minimum Gasteiger partial charge on any atom is -0.395 e. The second kappa shape index (κ2) is 7.19. The van der Waals surface area contributed by atoms with Gasteiger partial charge in [-0.1, -0.05) is 36.2 Å². The molecule has 0 saturated heterocycles. The predicted molar refractivity (Wildman–Crippen MR) is 70.6 cm³/mol. The highest BCUT2D eigenvalue weighted by atomic mass is 35.5. The van der Waals surface area contributed by atoms with E-state index in [1.54, 1.807) is 18.2 Å². The van der Waals surface area contributed by atoms with Crippen molar-refractivity contribution in [2.24, 2.45) is 0 Å².